The van der Waals surface area contributed by atoms with Crippen LogP contribution in [-0.2, 0) is 0 Å². The van der Waals surface area contributed by atoms with Crippen molar-refractivity contribution in [3.8, 4) is 0 Å². The molecule has 0 fully saturated rings. The van der Waals surface area contributed by atoms with E-state index in [1.165, 1.54) is 11.1 Å². The molecule has 0 saturated heterocycles. The predicted octanol–water partition coefficient (Wildman–Crippen LogP) is 4.50. The van der Waals surface area contributed by atoms with Gasteiger partial charge in [0.05, 0.1) is 0 Å². The summed E-state index contributed by atoms with van der Waals surface area (Å²) in [5.41, 5.74) is 9.19. The van der Waals surface area contributed by atoms with Crippen molar-refractivity contribution in [2.45, 2.75) is 27.7 Å². The minimum absolute atomic E-state index is 1.09. The molecular weight excluding hydrogens is 180 g/mol. The van der Waals surface area contributed by atoms with Crippen molar-refractivity contribution >= 4 is 0 Å². The highest BCUT2D eigenvalue weighted by Gasteiger charge is 2.02. The second-order valence-electron chi connectivity index (χ2n) is 3.91. The van der Waals surface area contributed by atoms with Crippen molar-refractivity contribution in [3.05, 3.63) is 64.5 Å². The summed E-state index contributed by atoms with van der Waals surface area (Å²) in [6.45, 7) is 12.2. The summed E-state index contributed by atoms with van der Waals surface area (Å²) in [5.74, 6) is 0. The number of allylic oxidation sites excluding steroid dienone is 8. The molecule has 78 valence electrons. The van der Waals surface area contributed by atoms with Gasteiger partial charge >= 0.3 is 0 Å². The van der Waals surface area contributed by atoms with E-state index in [4.69, 9.17) is 0 Å². The topological polar surface area (TPSA) is 0 Å². The van der Waals surface area contributed by atoms with Crippen molar-refractivity contribution in [1.29, 1.82) is 0 Å². The Hall–Kier alpha value is -1.52. The molecule has 0 unspecified atom stereocenters. The van der Waals surface area contributed by atoms with Crippen LogP contribution in [0.1, 0.15) is 27.7 Å². The molecule has 0 saturated carbocycles. The summed E-state index contributed by atoms with van der Waals surface area (Å²) < 4.78 is 0. The van der Waals surface area contributed by atoms with Gasteiger partial charge in [-0.15, -0.1) is 5.73 Å². The van der Waals surface area contributed by atoms with E-state index < -0.39 is 0 Å². The molecule has 0 aromatic rings. The van der Waals surface area contributed by atoms with Gasteiger partial charge in [0.25, 0.3) is 0 Å². The first kappa shape index (κ1) is 11.6. The molecule has 0 heterocycles. The van der Waals surface area contributed by atoms with Crippen LogP contribution >= 0.6 is 0 Å². The highest BCUT2D eigenvalue weighted by molar-refractivity contribution is 5.51. The normalized spacial score (nSPS) is 16.5. The van der Waals surface area contributed by atoms with Gasteiger partial charge in [-0.05, 0) is 50.5 Å². The third-order valence-corrected chi connectivity index (χ3v) is 2.50. The first-order valence-electron chi connectivity index (χ1n) is 5.21. The lowest BCUT2D eigenvalue weighted by atomic mass is 10.0. The molecule has 0 amide bonds. The summed E-state index contributed by atoms with van der Waals surface area (Å²) >= 11 is 0. The lowest BCUT2D eigenvalue weighted by Gasteiger charge is -2.02. The summed E-state index contributed by atoms with van der Waals surface area (Å²) in [6.07, 6.45) is 8.43. The molecule has 1 aliphatic rings. The summed E-state index contributed by atoms with van der Waals surface area (Å²) in [6, 6.07) is 0. The lowest BCUT2D eigenvalue weighted by molar-refractivity contribution is 1.37. The fourth-order valence-corrected chi connectivity index (χ4v) is 1.34. The number of rotatable bonds is 2. The zero-order valence-corrected chi connectivity index (χ0v) is 10.0. The third kappa shape index (κ3) is 2.97. The zero-order valence-electron chi connectivity index (χ0n) is 10.0. The minimum atomic E-state index is 1.09. The number of hydrogen-bond acceptors (Lipinski definition) is 0. The maximum Gasteiger partial charge on any atom is 0.0199 e. The second-order valence-corrected chi connectivity index (χ2v) is 3.91. The van der Waals surface area contributed by atoms with Gasteiger partial charge in [0, 0.05) is 5.57 Å². The van der Waals surface area contributed by atoms with Crippen LogP contribution in [0, 0.1) is 0 Å². The van der Waals surface area contributed by atoms with Gasteiger partial charge in [0.1, 0.15) is 0 Å². The molecule has 0 aromatic carbocycles. The Labute approximate surface area is 92.7 Å². The molecule has 0 atom stereocenters. The molecule has 0 N–H and O–H groups in total. The van der Waals surface area contributed by atoms with E-state index in [9.17, 15) is 0 Å². The van der Waals surface area contributed by atoms with Crippen molar-refractivity contribution in [3.63, 3.8) is 0 Å². The molecular formula is C15H18. The summed E-state index contributed by atoms with van der Waals surface area (Å²) in [5, 5.41) is 0. The van der Waals surface area contributed by atoms with E-state index in [0.29, 0.717) is 0 Å². The van der Waals surface area contributed by atoms with Crippen LogP contribution in [0.5, 0.6) is 0 Å². The van der Waals surface area contributed by atoms with E-state index >= 15 is 0 Å². The van der Waals surface area contributed by atoms with Gasteiger partial charge in [-0.2, -0.15) is 0 Å². The Morgan fingerprint density at radius 1 is 1.33 bits per heavy atom. The van der Waals surface area contributed by atoms with E-state index in [1.807, 2.05) is 13.8 Å². The molecule has 0 aliphatic heterocycles. The smallest absolute Gasteiger partial charge is 0.0199 e. The Morgan fingerprint density at radius 3 is 2.53 bits per heavy atom. The van der Waals surface area contributed by atoms with E-state index in [2.05, 4.69) is 50.5 Å². The Balaban J connectivity index is 3.28. The van der Waals surface area contributed by atoms with Gasteiger partial charge < -0.3 is 0 Å². The third-order valence-electron chi connectivity index (χ3n) is 2.50. The van der Waals surface area contributed by atoms with Crippen molar-refractivity contribution in [2.24, 2.45) is 0 Å². The van der Waals surface area contributed by atoms with E-state index in [1.54, 1.807) is 0 Å². The first-order chi connectivity index (χ1) is 7.04. The molecule has 0 aromatic heterocycles. The molecule has 15 heavy (non-hydrogen) atoms. The standard InChI is InChI=1S/C15H18/c1-6-13(5)15-9-12(4)7-8-14(10-15)11(2)3/h6-8,10H,2H2,1,3-5H3/b13-6+. The average Bonchev–Trinajstić information content (AvgIpc) is 2.39. The SMILES string of the molecule is C=C(C)C1=CC(/C(C)=C/C)=C=C(C)C=C1. The zero-order chi connectivity index (χ0) is 11.4. The highest BCUT2D eigenvalue weighted by Crippen LogP contribution is 2.20. The molecule has 1 rings (SSSR count). The minimum Gasteiger partial charge on any atom is -0.109 e. The maximum atomic E-state index is 3.98. The molecule has 0 nitrogen and oxygen atoms in total. The number of hydrogen-bond donors (Lipinski definition) is 0. The van der Waals surface area contributed by atoms with Crippen LogP contribution in [-0.4, -0.2) is 0 Å². The largest absolute Gasteiger partial charge is 0.109 e. The van der Waals surface area contributed by atoms with Gasteiger partial charge in [0.2, 0.25) is 0 Å². The van der Waals surface area contributed by atoms with Crippen molar-refractivity contribution in [2.75, 3.05) is 0 Å². The Morgan fingerprint density at radius 2 is 2.00 bits per heavy atom. The maximum absolute atomic E-state index is 3.98. The quantitative estimate of drug-likeness (QED) is 0.573. The van der Waals surface area contributed by atoms with Gasteiger partial charge in [-0.1, -0.05) is 30.4 Å². The predicted molar refractivity (Wildman–Crippen MR) is 67.7 cm³/mol. The van der Waals surface area contributed by atoms with Gasteiger partial charge in [0.15, 0.2) is 0 Å². The average molecular weight is 198 g/mol. The van der Waals surface area contributed by atoms with Gasteiger partial charge in [-0.3, -0.25) is 0 Å². The lowest BCUT2D eigenvalue weighted by Crippen LogP contribution is -1.83. The van der Waals surface area contributed by atoms with Crippen LogP contribution in [0.4, 0.5) is 0 Å². The Kier molecular flexibility index (Phi) is 3.71. The first-order valence-corrected chi connectivity index (χ1v) is 5.21. The van der Waals surface area contributed by atoms with Crippen LogP contribution in [0.15, 0.2) is 64.5 Å². The van der Waals surface area contributed by atoms with Crippen LogP contribution in [0.3, 0.4) is 0 Å². The monoisotopic (exact) mass is 198 g/mol. The van der Waals surface area contributed by atoms with E-state index in [0.717, 1.165) is 16.7 Å². The fraction of sp³-hybridized carbons (Fsp3) is 0.267. The molecule has 0 radical (unpaired) electrons. The van der Waals surface area contributed by atoms with E-state index in [-0.39, 0.29) is 0 Å². The molecule has 1 aliphatic carbocycles. The Bertz CT molecular complexity index is 431. The molecule has 0 spiro atoms. The van der Waals surface area contributed by atoms with Crippen LogP contribution in [0.25, 0.3) is 0 Å². The van der Waals surface area contributed by atoms with Crippen molar-refractivity contribution in [1.82, 2.24) is 0 Å². The summed E-state index contributed by atoms with van der Waals surface area (Å²) in [7, 11) is 0. The second kappa shape index (κ2) is 4.82. The molecule has 0 bridgehead atoms. The summed E-state index contributed by atoms with van der Waals surface area (Å²) in [4.78, 5) is 0. The molecule has 0 heteroatoms. The fourth-order valence-electron chi connectivity index (χ4n) is 1.34. The van der Waals surface area contributed by atoms with Crippen LogP contribution < -0.4 is 0 Å². The highest BCUT2D eigenvalue weighted by atomic mass is 14.1. The van der Waals surface area contributed by atoms with Gasteiger partial charge in [-0.25, -0.2) is 0 Å². The van der Waals surface area contributed by atoms with Crippen LogP contribution in [0.2, 0.25) is 0 Å². The van der Waals surface area contributed by atoms with Crippen molar-refractivity contribution < 1.29 is 0 Å².